The predicted molar refractivity (Wildman–Crippen MR) is 80.7 cm³/mol. The highest BCUT2D eigenvalue weighted by atomic mass is 35.5. The van der Waals surface area contributed by atoms with Gasteiger partial charge >= 0.3 is 5.69 Å². The van der Waals surface area contributed by atoms with Crippen molar-refractivity contribution in [3.63, 3.8) is 0 Å². The fourth-order valence-corrected chi connectivity index (χ4v) is 2.57. The van der Waals surface area contributed by atoms with E-state index in [1.165, 1.54) is 31.0 Å². The Hall–Kier alpha value is -1.66. The van der Waals surface area contributed by atoms with E-state index < -0.39 is 10.8 Å². The smallest absolute Gasteiger partial charge is 0.300 e. The number of para-hydroxylation sites is 1. The van der Waals surface area contributed by atoms with E-state index in [-0.39, 0.29) is 16.3 Å². The van der Waals surface area contributed by atoms with Crippen LogP contribution in [0.1, 0.15) is 30.1 Å². The third-order valence-corrected chi connectivity index (χ3v) is 3.87. The molecule has 1 fully saturated rings. The van der Waals surface area contributed by atoms with Crippen molar-refractivity contribution < 1.29 is 9.72 Å². The van der Waals surface area contributed by atoms with Crippen LogP contribution in [0.15, 0.2) is 18.2 Å². The average Bonchev–Trinajstić information content (AvgIpc) is 3.27. The number of nitro benzene ring substituents is 1. The summed E-state index contributed by atoms with van der Waals surface area (Å²) in [4.78, 5) is 24.8. The average molecular weight is 312 g/mol. The van der Waals surface area contributed by atoms with Gasteiger partial charge in [-0.25, -0.2) is 0 Å². The number of nitrogens with one attached hydrogen (secondary N) is 1. The van der Waals surface area contributed by atoms with Crippen LogP contribution < -0.4 is 5.32 Å². The predicted octanol–water partition coefficient (Wildman–Crippen LogP) is 2.46. The van der Waals surface area contributed by atoms with Crippen LogP contribution in [-0.4, -0.2) is 41.4 Å². The summed E-state index contributed by atoms with van der Waals surface area (Å²) in [6, 6.07) is 4.99. The molecule has 1 aromatic carbocycles. The van der Waals surface area contributed by atoms with E-state index in [1.807, 2.05) is 0 Å². The summed E-state index contributed by atoms with van der Waals surface area (Å²) in [7, 11) is 0. The van der Waals surface area contributed by atoms with Crippen molar-refractivity contribution in [2.45, 2.75) is 25.8 Å². The molecule has 6 nitrogen and oxygen atoms in total. The Balaban J connectivity index is 1.97. The van der Waals surface area contributed by atoms with E-state index in [1.54, 1.807) is 0 Å². The van der Waals surface area contributed by atoms with Crippen LogP contribution in [0.2, 0.25) is 5.02 Å². The highest BCUT2D eigenvalue weighted by Crippen LogP contribution is 2.28. The van der Waals surface area contributed by atoms with Crippen molar-refractivity contribution in [2.24, 2.45) is 0 Å². The maximum Gasteiger partial charge on any atom is 0.300 e. The Bertz CT molecular complexity index is 546. The van der Waals surface area contributed by atoms with Crippen LogP contribution in [0.25, 0.3) is 0 Å². The van der Waals surface area contributed by atoms with Gasteiger partial charge in [0.15, 0.2) is 0 Å². The van der Waals surface area contributed by atoms with Crippen LogP contribution in [0.3, 0.4) is 0 Å². The summed E-state index contributed by atoms with van der Waals surface area (Å²) in [6.45, 7) is 4.24. The summed E-state index contributed by atoms with van der Waals surface area (Å²) in [5.41, 5.74) is -0.340. The molecule has 0 aliphatic heterocycles. The van der Waals surface area contributed by atoms with Crippen molar-refractivity contribution in [3.05, 3.63) is 38.9 Å². The molecule has 1 saturated carbocycles. The van der Waals surface area contributed by atoms with Crippen molar-refractivity contribution in [1.82, 2.24) is 10.2 Å². The molecule has 1 aliphatic carbocycles. The molecule has 1 aromatic rings. The molecule has 0 saturated heterocycles. The molecular weight excluding hydrogens is 294 g/mol. The Morgan fingerprint density at radius 1 is 1.52 bits per heavy atom. The van der Waals surface area contributed by atoms with Gasteiger partial charge in [0.25, 0.3) is 5.91 Å². The van der Waals surface area contributed by atoms with Crippen LogP contribution in [-0.2, 0) is 0 Å². The first kappa shape index (κ1) is 15.7. The summed E-state index contributed by atoms with van der Waals surface area (Å²) >= 11 is 5.80. The normalized spacial score (nSPS) is 14.2. The minimum absolute atomic E-state index is 0.00182. The highest BCUT2D eigenvalue weighted by Gasteiger charge is 2.28. The molecule has 0 aromatic heterocycles. The number of nitro groups is 1. The zero-order chi connectivity index (χ0) is 15.4. The third-order valence-electron chi connectivity index (χ3n) is 3.57. The largest absolute Gasteiger partial charge is 0.351 e. The molecule has 7 heteroatoms. The Morgan fingerprint density at radius 2 is 2.24 bits per heavy atom. The van der Waals surface area contributed by atoms with Gasteiger partial charge in [-0.3, -0.25) is 19.8 Å². The number of amides is 1. The first-order valence-electron chi connectivity index (χ1n) is 6.99. The van der Waals surface area contributed by atoms with Gasteiger partial charge in [-0.15, -0.1) is 0 Å². The number of rotatable bonds is 7. The first-order valence-corrected chi connectivity index (χ1v) is 7.37. The minimum atomic E-state index is -0.625. The van der Waals surface area contributed by atoms with E-state index in [0.29, 0.717) is 12.6 Å². The number of hydrogen-bond donors (Lipinski definition) is 1. The molecule has 1 amide bonds. The van der Waals surface area contributed by atoms with Crippen molar-refractivity contribution in [2.75, 3.05) is 19.6 Å². The number of carbonyl (C=O) groups excluding carboxylic acids is 1. The number of nitrogens with zero attached hydrogens (tertiary/aromatic N) is 2. The summed E-state index contributed by atoms with van der Waals surface area (Å²) < 4.78 is 0. The van der Waals surface area contributed by atoms with Crippen LogP contribution in [0.4, 0.5) is 5.69 Å². The number of hydrogen-bond acceptors (Lipinski definition) is 4. The van der Waals surface area contributed by atoms with Crippen molar-refractivity contribution in [3.8, 4) is 0 Å². The number of carbonyl (C=O) groups is 1. The number of halogens is 1. The molecular formula is C14H18ClN3O3. The summed E-state index contributed by atoms with van der Waals surface area (Å²) in [5.74, 6) is -0.462. The lowest BCUT2D eigenvalue weighted by molar-refractivity contribution is -0.385. The van der Waals surface area contributed by atoms with Gasteiger partial charge in [-0.05, 0) is 31.5 Å². The molecule has 0 spiro atoms. The van der Waals surface area contributed by atoms with E-state index in [4.69, 9.17) is 11.6 Å². The second-order valence-corrected chi connectivity index (χ2v) is 5.42. The standard InChI is InChI=1S/C14H18ClN3O3/c1-2-17(10-6-7-10)9-8-16-14(19)11-4-3-5-12(15)13(11)18(20)21/h3-5,10H,2,6-9H2,1H3,(H,16,19). The summed E-state index contributed by atoms with van der Waals surface area (Å²) in [5, 5.41) is 13.7. The van der Waals surface area contributed by atoms with E-state index in [9.17, 15) is 14.9 Å². The Kier molecular flexibility index (Phi) is 5.14. The zero-order valence-corrected chi connectivity index (χ0v) is 12.6. The van der Waals surface area contributed by atoms with Gasteiger partial charge < -0.3 is 5.32 Å². The zero-order valence-electron chi connectivity index (χ0n) is 11.8. The molecule has 2 rings (SSSR count). The fraction of sp³-hybridized carbons (Fsp3) is 0.500. The summed E-state index contributed by atoms with van der Waals surface area (Å²) in [6.07, 6.45) is 2.42. The van der Waals surface area contributed by atoms with Crippen LogP contribution in [0.5, 0.6) is 0 Å². The molecule has 114 valence electrons. The maximum atomic E-state index is 12.1. The van der Waals surface area contributed by atoms with Gasteiger partial charge in [0.2, 0.25) is 0 Å². The van der Waals surface area contributed by atoms with Crippen LogP contribution >= 0.6 is 11.6 Å². The highest BCUT2D eigenvalue weighted by molar-refractivity contribution is 6.33. The topological polar surface area (TPSA) is 75.5 Å². The quantitative estimate of drug-likeness (QED) is 0.620. The lowest BCUT2D eigenvalue weighted by Crippen LogP contribution is -2.36. The minimum Gasteiger partial charge on any atom is -0.351 e. The van der Waals surface area contributed by atoms with Gasteiger partial charge in [-0.2, -0.15) is 0 Å². The SMILES string of the molecule is CCN(CCNC(=O)c1cccc(Cl)c1[N+](=O)[O-])C1CC1. The van der Waals surface area contributed by atoms with E-state index >= 15 is 0 Å². The second-order valence-electron chi connectivity index (χ2n) is 5.01. The molecule has 0 atom stereocenters. The first-order chi connectivity index (χ1) is 10.0. The molecule has 21 heavy (non-hydrogen) atoms. The Labute approximate surface area is 128 Å². The van der Waals surface area contributed by atoms with Gasteiger partial charge in [0.1, 0.15) is 10.6 Å². The molecule has 0 heterocycles. The molecule has 0 bridgehead atoms. The van der Waals surface area contributed by atoms with Crippen molar-refractivity contribution in [1.29, 1.82) is 0 Å². The number of likely N-dealkylation sites (N-methyl/N-ethyl adjacent to an activating group) is 1. The van der Waals surface area contributed by atoms with Gasteiger partial charge in [0.05, 0.1) is 4.92 Å². The Morgan fingerprint density at radius 3 is 2.81 bits per heavy atom. The molecule has 1 aliphatic rings. The van der Waals surface area contributed by atoms with E-state index in [2.05, 4.69) is 17.1 Å². The maximum absolute atomic E-state index is 12.1. The van der Waals surface area contributed by atoms with Gasteiger partial charge in [-0.1, -0.05) is 24.6 Å². The monoisotopic (exact) mass is 311 g/mol. The molecule has 0 unspecified atom stereocenters. The fourth-order valence-electron chi connectivity index (χ4n) is 2.33. The van der Waals surface area contributed by atoms with Crippen LogP contribution in [0, 0.1) is 10.1 Å². The molecule has 1 N–H and O–H groups in total. The third kappa shape index (κ3) is 3.92. The lowest BCUT2D eigenvalue weighted by Gasteiger charge is -2.19. The van der Waals surface area contributed by atoms with Crippen molar-refractivity contribution >= 4 is 23.2 Å². The lowest BCUT2D eigenvalue weighted by atomic mass is 10.1. The van der Waals surface area contributed by atoms with E-state index in [0.717, 1.165) is 13.1 Å². The number of benzene rings is 1. The second kappa shape index (κ2) is 6.87. The van der Waals surface area contributed by atoms with Gasteiger partial charge in [0, 0.05) is 19.1 Å². The molecule has 0 radical (unpaired) electrons.